The Hall–Kier alpha value is -0.300. The molecule has 0 bridgehead atoms. The van der Waals surface area contributed by atoms with Crippen molar-refractivity contribution in [1.29, 1.82) is 0 Å². The molecule has 0 fully saturated rings. The first-order valence-electron chi connectivity index (χ1n) is 9.10. The first-order valence-corrected chi connectivity index (χ1v) is 9.10. The van der Waals surface area contributed by atoms with Crippen molar-refractivity contribution in [3.05, 3.63) is 12.7 Å². The SMILES string of the molecule is C=CCCCCCCC[C@@H](O)CCCCCCCCC. The molecule has 0 aliphatic rings. The molecule has 0 saturated carbocycles. The molecule has 0 aromatic carbocycles. The van der Waals surface area contributed by atoms with Gasteiger partial charge in [-0.1, -0.05) is 83.6 Å². The van der Waals surface area contributed by atoms with Gasteiger partial charge in [-0.3, -0.25) is 0 Å². The van der Waals surface area contributed by atoms with Crippen molar-refractivity contribution in [3.63, 3.8) is 0 Å². The fraction of sp³-hybridized carbons (Fsp3) is 0.895. The predicted octanol–water partition coefficient (Wildman–Crippen LogP) is 6.40. The van der Waals surface area contributed by atoms with Gasteiger partial charge in [-0.25, -0.2) is 0 Å². The maximum absolute atomic E-state index is 9.92. The lowest BCUT2D eigenvalue weighted by molar-refractivity contribution is 0.147. The summed E-state index contributed by atoms with van der Waals surface area (Å²) in [6.07, 6.45) is 20.9. The van der Waals surface area contributed by atoms with E-state index < -0.39 is 0 Å². The van der Waals surface area contributed by atoms with Gasteiger partial charge in [0.2, 0.25) is 0 Å². The summed E-state index contributed by atoms with van der Waals surface area (Å²) in [4.78, 5) is 0. The van der Waals surface area contributed by atoms with E-state index in [-0.39, 0.29) is 6.10 Å². The molecule has 0 heterocycles. The van der Waals surface area contributed by atoms with Crippen LogP contribution in [-0.4, -0.2) is 11.2 Å². The summed E-state index contributed by atoms with van der Waals surface area (Å²) < 4.78 is 0. The van der Waals surface area contributed by atoms with Crippen LogP contribution in [0.15, 0.2) is 12.7 Å². The second kappa shape index (κ2) is 16.8. The predicted molar refractivity (Wildman–Crippen MR) is 91.1 cm³/mol. The standard InChI is InChI=1S/C19H38O/c1-3-5-7-9-11-13-15-17-19(20)18-16-14-12-10-8-6-4-2/h3,19-20H,1,4-18H2,2H3/t19-/m1/s1. The Bertz CT molecular complexity index is 188. The third kappa shape index (κ3) is 15.8. The van der Waals surface area contributed by atoms with Crippen LogP contribution in [0.3, 0.4) is 0 Å². The molecular formula is C19H38O. The molecule has 20 heavy (non-hydrogen) atoms. The Balaban J connectivity index is 3.12. The lowest BCUT2D eigenvalue weighted by atomic mass is 10.0. The van der Waals surface area contributed by atoms with Crippen molar-refractivity contribution in [1.82, 2.24) is 0 Å². The molecule has 0 radical (unpaired) electrons. The smallest absolute Gasteiger partial charge is 0.0540 e. The van der Waals surface area contributed by atoms with Crippen molar-refractivity contribution >= 4 is 0 Å². The average Bonchev–Trinajstić information content (AvgIpc) is 2.45. The highest BCUT2D eigenvalue weighted by Gasteiger charge is 2.03. The van der Waals surface area contributed by atoms with Gasteiger partial charge < -0.3 is 5.11 Å². The van der Waals surface area contributed by atoms with Crippen LogP contribution in [0, 0.1) is 0 Å². The number of allylic oxidation sites excluding steroid dienone is 1. The zero-order valence-electron chi connectivity index (χ0n) is 13.9. The first-order chi connectivity index (χ1) is 9.81. The monoisotopic (exact) mass is 282 g/mol. The lowest BCUT2D eigenvalue weighted by Crippen LogP contribution is -2.05. The van der Waals surface area contributed by atoms with Gasteiger partial charge in [0.25, 0.3) is 0 Å². The van der Waals surface area contributed by atoms with Crippen molar-refractivity contribution in [2.75, 3.05) is 0 Å². The number of aliphatic hydroxyl groups is 1. The topological polar surface area (TPSA) is 20.2 Å². The van der Waals surface area contributed by atoms with Gasteiger partial charge >= 0.3 is 0 Å². The zero-order valence-corrected chi connectivity index (χ0v) is 13.9. The highest BCUT2D eigenvalue weighted by molar-refractivity contribution is 4.65. The Morgan fingerprint density at radius 3 is 1.70 bits per heavy atom. The fourth-order valence-electron chi connectivity index (χ4n) is 2.68. The summed E-state index contributed by atoms with van der Waals surface area (Å²) >= 11 is 0. The van der Waals surface area contributed by atoms with E-state index in [0.29, 0.717) is 0 Å². The molecule has 0 rings (SSSR count). The molecule has 1 heteroatoms. The van der Waals surface area contributed by atoms with Crippen LogP contribution in [0.25, 0.3) is 0 Å². The van der Waals surface area contributed by atoms with Crippen LogP contribution < -0.4 is 0 Å². The molecule has 0 spiro atoms. The average molecular weight is 283 g/mol. The number of hydrogen-bond acceptors (Lipinski definition) is 1. The molecule has 120 valence electrons. The number of aliphatic hydroxyl groups excluding tert-OH is 1. The highest BCUT2D eigenvalue weighted by Crippen LogP contribution is 2.14. The van der Waals surface area contributed by atoms with Crippen LogP contribution in [0.5, 0.6) is 0 Å². The molecule has 0 saturated heterocycles. The molecule has 0 aromatic heterocycles. The van der Waals surface area contributed by atoms with Crippen LogP contribution >= 0.6 is 0 Å². The summed E-state index contributed by atoms with van der Waals surface area (Å²) in [5.41, 5.74) is 0. The van der Waals surface area contributed by atoms with Gasteiger partial charge in [0.1, 0.15) is 0 Å². The molecule has 0 aliphatic heterocycles. The van der Waals surface area contributed by atoms with E-state index in [0.717, 1.165) is 19.3 Å². The molecular weight excluding hydrogens is 244 g/mol. The van der Waals surface area contributed by atoms with Gasteiger partial charge in [-0.2, -0.15) is 0 Å². The van der Waals surface area contributed by atoms with Crippen LogP contribution in [0.1, 0.15) is 103 Å². The highest BCUT2D eigenvalue weighted by atomic mass is 16.3. The Labute approximate surface area is 127 Å². The van der Waals surface area contributed by atoms with E-state index in [1.807, 2.05) is 6.08 Å². The zero-order chi connectivity index (χ0) is 14.9. The summed E-state index contributed by atoms with van der Waals surface area (Å²) in [7, 11) is 0. The second-order valence-electron chi connectivity index (χ2n) is 6.20. The van der Waals surface area contributed by atoms with E-state index in [4.69, 9.17) is 0 Å². The maximum atomic E-state index is 9.92. The molecule has 0 aromatic rings. The normalized spacial score (nSPS) is 12.5. The van der Waals surface area contributed by atoms with E-state index in [1.165, 1.54) is 77.0 Å². The summed E-state index contributed by atoms with van der Waals surface area (Å²) in [6.45, 7) is 6.00. The maximum Gasteiger partial charge on any atom is 0.0540 e. The lowest BCUT2D eigenvalue weighted by Gasteiger charge is -2.10. The van der Waals surface area contributed by atoms with Crippen LogP contribution in [-0.2, 0) is 0 Å². The molecule has 0 unspecified atom stereocenters. The first kappa shape index (κ1) is 19.7. The third-order valence-corrected chi connectivity index (χ3v) is 4.09. The Morgan fingerprint density at radius 2 is 1.20 bits per heavy atom. The number of hydrogen-bond donors (Lipinski definition) is 1. The minimum absolute atomic E-state index is 0.0428. The van der Waals surface area contributed by atoms with E-state index in [2.05, 4.69) is 13.5 Å². The molecule has 0 aliphatic carbocycles. The van der Waals surface area contributed by atoms with Gasteiger partial charge in [0.15, 0.2) is 0 Å². The third-order valence-electron chi connectivity index (χ3n) is 4.09. The number of rotatable bonds is 16. The van der Waals surface area contributed by atoms with Crippen molar-refractivity contribution in [3.8, 4) is 0 Å². The Morgan fingerprint density at radius 1 is 0.750 bits per heavy atom. The van der Waals surface area contributed by atoms with Crippen molar-refractivity contribution in [2.45, 2.75) is 109 Å². The minimum atomic E-state index is -0.0428. The van der Waals surface area contributed by atoms with Crippen molar-refractivity contribution in [2.24, 2.45) is 0 Å². The summed E-state index contributed by atoms with van der Waals surface area (Å²) in [5, 5.41) is 9.92. The van der Waals surface area contributed by atoms with E-state index in [9.17, 15) is 5.11 Å². The Kier molecular flexibility index (Phi) is 16.5. The molecule has 1 nitrogen and oxygen atoms in total. The van der Waals surface area contributed by atoms with Gasteiger partial charge in [-0.15, -0.1) is 6.58 Å². The van der Waals surface area contributed by atoms with Gasteiger partial charge in [0.05, 0.1) is 6.10 Å². The van der Waals surface area contributed by atoms with Gasteiger partial charge in [0, 0.05) is 0 Å². The van der Waals surface area contributed by atoms with Crippen LogP contribution in [0.4, 0.5) is 0 Å². The minimum Gasteiger partial charge on any atom is -0.393 e. The summed E-state index contributed by atoms with van der Waals surface area (Å²) in [6, 6.07) is 0. The van der Waals surface area contributed by atoms with E-state index in [1.54, 1.807) is 0 Å². The van der Waals surface area contributed by atoms with Crippen LogP contribution in [0.2, 0.25) is 0 Å². The largest absolute Gasteiger partial charge is 0.393 e. The van der Waals surface area contributed by atoms with Gasteiger partial charge in [-0.05, 0) is 25.7 Å². The quantitative estimate of drug-likeness (QED) is 0.256. The molecule has 1 atom stereocenters. The summed E-state index contributed by atoms with van der Waals surface area (Å²) in [5.74, 6) is 0. The fourth-order valence-corrected chi connectivity index (χ4v) is 2.68. The van der Waals surface area contributed by atoms with Crippen molar-refractivity contribution < 1.29 is 5.11 Å². The van der Waals surface area contributed by atoms with E-state index >= 15 is 0 Å². The second-order valence-corrected chi connectivity index (χ2v) is 6.20. The molecule has 0 amide bonds. The number of unbranched alkanes of at least 4 members (excludes halogenated alkanes) is 11. The molecule has 1 N–H and O–H groups in total.